The summed E-state index contributed by atoms with van der Waals surface area (Å²) in [5.74, 6) is -0.677. The van der Waals surface area contributed by atoms with Crippen molar-refractivity contribution in [3.05, 3.63) is 55.5 Å². The molecule has 0 saturated carbocycles. The van der Waals surface area contributed by atoms with Gasteiger partial charge in [0.15, 0.2) is 0 Å². The van der Waals surface area contributed by atoms with E-state index in [2.05, 4.69) is 31.9 Å². The number of carbonyl (C=O) groups excluding carboxylic acids is 1. The zero-order valence-corrected chi connectivity index (χ0v) is 14.0. The third-order valence-electron chi connectivity index (χ3n) is 2.90. The Labute approximate surface area is 133 Å². The van der Waals surface area contributed by atoms with E-state index >= 15 is 0 Å². The summed E-state index contributed by atoms with van der Waals surface area (Å²) in [7, 11) is 0. The molecule has 104 valence electrons. The predicted octanol–water partition coefficient (Wildman–Crippen LogP) is 4.47. The molecule has 0 fully saturated rings. The lowest BCUT2D eigenvalue weighted by atomic mass is 9.98. The largest absolute Gasteiger partial charge is 0.506 e. The van der Waals surface area contributed by atoms with Crippen LogP contribution in [0.4, 0.5) is 0 Å². The fourth-order valence-electron chi connectivity index (χ4n) is 1.96. The topological polar surface area (TPSA) is 57.5 Å². The minimum atomic E-state index is -0.422. The highest BCUT2D eigenvalue weighted by atomic mass is 79.9. The number of phenolic OH excluding ortho intramolecular Hbond substituents is 2. The lowest BCUT2D eigenvalue weighted by molar-refractivity contribution is 0.103. The number of ketones is 1. The van der Waals surface area contributed by atoms with Gasteiger partial charge in [-0.2, -0.15) is 0 Å². The lowest BCUT2D eigenvalue weighted by Crippen LogP contribution is -2.04. The molecule has 0 heterocycles. The van der Waals surface area contributed by atoms with Crippen LogP contribution in [0.5, 0.6) is 11.5 Å². The second-order valence-electron chi connectivity index (χ2n) is 4.61. The van der Waals surface area contributed by atoms with E-state index in [0.29, 0.717) is 8.95 Å². The number of hydrogen-bond donors (Lipinski definition) is 2. The molecule has 20 heavy (non-hydrogen) atoms. The molecule has 0 amide bonds. The van der Waals surface area contributed by atoms with Crippen LogP contribution >= 0.6 is 31.9 Å². The van der Waals surface area contributed by atoms with Crippen LogP contribution in [0.15, 0.2) is 33.2 Å². The Morgan fingerprint density at radius 2 is 1.20 bits per heavy atom. The van der Waals surface area contributed by atoms with Gasteiger partial charge in [0.2, 0.25) is 5.78 Å². The van der Waals surface area contributed by atoms with Crippen LogP contribution in [0, 0.1) is 13.8 Å². The van der Waals surface area contributed by atoms with Gasteiger partial charge in [0.05, 0.1) is 20.1 Å². The number of rotatable bonds is 2. The molecule has 2 N–H and O–H groups in total. The number of phenols is 2. The van der Waals surface area contributed by atoms with Crippen LogP contribution < -0.4 is 0 Å². The lowest BCUT2D eigenvalue weighted by Gasteiger charge is -2.10. The van der Waals surface area contributed by atoms with E-state index in [-0.39, 0.29) is 22.6 Å². The zero-order valence-electron chi connectivity index (χ0n) is 10.9. The van der Waals surface area contributed by atoms with Gasteiger partial charge in [0.1, 0.15) is 11.5 Å². The Bertz CT molecular complexity index is 649. The molecule has 0 aliphatic rings. The number of aromatic hydroxyl groups is 2. The summed E-state index contributed by atoms with van der Waals surface area (Å²) in [5.41, 5.74) is 1.99. The maximum absolute atomic E-state index is 12.5. The first-order valence-electron chi connectivity index (χ1n) is 5.84. The van der Waals surface area contributed by atoms with Gasteiger partial charge >= 0.3 is 0 Å². The van der Waals surface area contributed by atoms with Crippen molar-refractivity contribution < 1.29 is 15.0 Å². The maximum Gasteiger partial charge on any atom is 0.200 e. The molecule has 3 nitrogen and oxygen atoms in total. The van der Waals surface area contributed by atoms with E-state index in [0.717, 1.165) is 11.1 Å². The molecule has 2 aromatic rings. The Balaban J connectivity index is 2.64. The van der Waals surface area contributed by atoms with Crippen LogP contribution in [0.1, 0.15) is 27.0 Å². The number of aryl methyl sites for hydroxylation is 2. The van der Waals surface area contributed by atoms with Crippen molar-refractivity contribution in [2.75, 3.05) is 0 Å². The third kappa shape index (κ3) is 2.74. The summed E-state index contributed by atoms with van der Waals surface area (Å²) in [6, 6.07) is 6.63. The first-order chi connectivity index (χ1) is 9.31. The zero-order chi connectivity index (χ0) is 15.0. The van der Waals surface area contributed by atoms with Crippen LogP contribution in [-0.4, -0.2) is 16.0 Å². The molecule has 0 unspecified atom stereocenters. The van der Waals surface area contributed by atoms with E-state index < -0.39 is 5.78 Å². The van der Waals surface area contributed by atoms with Crippen molar-refractivity contribution in [2.24, 2.45) is 0 Å². The van der Waals surface area contributed by atoms with Crippen molar-refractivity contribution in [1.82, 2.24) is 0 Å². The number of hydrogen-bond acceptors (Lipinski definition) is 3. The Morgan fingerprint density at radius 1 is 0.850 bits per heavy atom. The molecule has 5 heteroatoms. The van der Waals surface area contributed by atoms with Crippen LogP contribution in [0.2, 0.25) is 0 Å². The first kappa shape index (κ1) is 15.1. The van der Waals surface area contributed by atoms with E-state index in [1.807, 2.05) is 13.8 Å². The Hall–Kier alpha value is -1.33. The molecule has 2 aromatic carbocycles. The van der Waals surface area contributed by atoms with Crippen LogP contribution in [0.25, 0.3) is 0 Å². The van der Waals surface area contributed by atoms with Gasteiger partial charge in [0.25, 0.3) is 0 Å². The van der Waals surface area contributed by atoms with E-state index in [1.54, 1.807) is 24.3 Å². The van der Waals surface area contributed by atoms with Gasteiger partial charge in [-0.15, -0.1) is 0 Å². The SMILES string of the molecule is Cc1cc(Br)c(O)c(C(=O)c2cc(C)cc(Br)c2O)c1. The third-order valence-corrected chi connectivity index (χ3v) is 4.11. The van der Waals surface area contributed by atoms with Gasteiger partial charge in [0, 0.05) is 0 Å². The minimum absolute atomic E-state index is 0.127. The molecule has 0 atom stereocenters. The number of carbonyl (C=O) groups is 1. The standard InChI is InChI=1S/C15H12Br2O3/c1-7-3-9(14(19)11(16)5-7)13(18)10-4-8(2)6-12(17)15(10)20/h3-6,19-20H,1-2H3. The summed E-state index contributed by atoms with van der Waals surface area (Å²) in [4.78, 5) is 12.5. The Kier molecular flexibility index (Phi) is 4.20. The van der Waals surface area contributed by atoms with E-state index in [4.69, 9.17) is 0 Å². The second-order valence-corrected chi connectivity index (χ2v) is 6.32. The summed E-state index contributed by atoms with van der Waals surface area (Å²) < 4.78 is 0.902. The van der Waals surface area contributed by atoms with E-state index in [1.165, 1.54) is 0 Å². The highest BCUT2D eigenvalue weighted by molar-refractivity contribution is 9.10. The fourth-order valence-corrected chi connectivity index (χ4v) is 3.11. The molecule has 2 rings (SSSR count). The average Bonchev–Trinajstić information content (AvgIpc) is 2.37. The van der Waals surface area contributed by atoms with Crippen molar-refractivity contribution in [2.45, 2.75) is 13.8 Å². The van der Waals surface area contributed by atoms with Crippen LogP contribution in [-0.2, 0) is 0 Å². The number of halogens is 2. The van der Waals surface area contributed by atoms with Crippen molar-refractivity contribution >= 4 is 37.6 Å². The summed E-state index contributed by atoms with van der Waals surface area (Å²) in [6.45, 7) is 3.65. The minimum Gasteiger partial charge on any atom is -0.506 e. The molecule has 0 spiro atoms. The Morgan fingerprint density at radius 3 is 1.55 bits per heavy atom. The molecular formula is C15H12Br2O3. The monoisotopic (exact) mass is 398 g/mol. The normalized spacial score (nSPS) is 10.6. The van der Waals surface area contributed by atoms with Gasteiger partial charge < -0.3 is 10.2 Å². The van der Waals surface area contributed by atoms with Crippen molar-refractivity contribution in [3.8, 4) is 11.5 Å². The molecule has 0 aromatic heterocycles. The highest BCUT2D eigenvalue weighted by Crippen LogP contribution is 2.35. The van der Waals surface area contributed by atoms with Crippen molar-refractivity contribution in [1.29, 1.82) is 0 Å². The average molecular weight is 400 g/mol. The molecule has 0 saturated heterocycles. The maximum atomic E-state index is 12.5. The number of benzene rings is 2. The molecular weight excluding hydrogens is 388 g/mol. The van der Waals surface area contributed by atoms with Gasteiger partial charge in [-0.25, -0.2) is 0 Å². The molecule has 0 aliphatic heterocycles. The molecule has 0 aliphatic carbocycles. The smallest absolute Gasteiger partial charge is 0.200 e. The predicted molar refractivity (Wildman–Crippen MR) is 84.5 cm³/mol. The van der Waals surface area contributed by atoms with Crippen LogP contribution in [0.3, 0.4) is 0 Å². The quantitative estimate of drug-likeness (QED) is 0.732. The summed E-state index contributed by atoms with van der Waals surface area (Å²) in [5, 5.41) is 20.0. The van der Waals surface area contributed by atoms with E-state index in [9.17, 15) is 15.0 Å². The van der Waals surface area contributed by atoms with Gasteiger partial charge in [-0.3, -0.25) is 4.79 Å². The molecule has 0 bridgehead atoms. The van der Waals surface area contributed by atoms with Gasteiger partial charge in [-0.1, -0.05) is 0 Å². The fraction of sp³-hybridized carbons (Fsp3) is 0.133. The van der Waals surface area contributed by atoms with Gasteiger partial charge in [-0.05, 0) is 81.1 Å². The van der Waals surface area contributed by atoms with Crippen molar-refractivity contribution in [3.63, 3.8) is 0 Å². The highest BCUT2D eigenvalue weighted by Gasteiger charge is 2.20. The summed E-state index contributed by atoms with van der Waals surface area (Å²) >= 11 is 6.42. The second kappa shape index (κ2) is 5.58. The summed E-state index contributed by atoms with van der Waals surface area (Å²) in [6.07, 6.45) is 0. The first-order valence-corrected chi connectivity index (χ1v) is 7.42. The molecule has 0 radical (unpaired) electrons.